The number of anilines is 1. The van der Waals surface area contributed by atoms with Crippen LogP contribution in [0.15, 0.2) is 72.8 Å². The largest absolute Gasteiger partial charge is 0.496 e. The topological polar surface area (TPSA) is 83.1 Å². The van der Waals surface area contributed by atoms with Crippen LogP contribution in [0.3, 0.4) is 0 Å². The average molecular weight is 469 g/mol. The summed E-state index contributed by atoms with van der Waals surface area (Å²) in [7, 11) is 2.79. The predicted molar refractivity (Wildman–Crippen MR) is 122 cm³/mol. The van der Waals surface area contributed by atoms with Crippen molar-refractivity contribution in [2.24, 2.45) is 0 Å². The molecule has 3 rings (SSSR count). The molecular weight excluding hydrogens is 448 g/mol. The number of carbonyl (C=O) groups is 2. The van der Waals surface area contributed by atoms with Crippen LogP contribution < -0.4 is 24.3 Å². The molecule has 0 bridgehead atoms. The van der Waals surface area contributed by atoms with Gasteiger partial charge in [-0.15, -0.1) is 0 Å². The van der Waals surface area contributed by atoms with Gasteiger partial charge in [0.15, 0.2) is 11.5 Å². The highest BCUT2D eigenvalue weighted by Gasteiger charge is 2.15. The van der Waals surface area contributed by atoms with E-state index in [0.29, 0.717) is 17.0 Å². The number of ether oxygens (including phenoxy) is 4. The van der Waals surface area contributed by atoms with Gasteiger partial charge in [0.25, 0.3) is 5.91 Å². The predicted octanol–water partition coefficient (Wildman–Crippen LogP) is 5.18. The Balaban J connectivity index is 1.64. The average Bonchev–Trinajstić information content (AvgIpc) is 2.84. The van der Waals surface area contributed by atoms with Crippen molar-refractivity contribution in [3.63, 3.8) is 0 Å². The maximum Gasteiger partial charge on any atom is 0.387 e. The van der Waals surface area contributed by atoms with E-state index in [9.17, 15) is 18.4 Å². The molecule has 0 aromatic heterocycles. The molecule has 0 aliphatic carbocycles. The van der Waals surface area contributed by atoms with Gasteiger partial charge < -0.3 is 24.3 Å². The lowest BCUT2D eigenvalue weighted by molar-refractivity contribution is -0.128. The van der Waals surface area contributed by atoms with Crippen molar-refractivity contribution < 1.29 is 37.3 Å². The first kappa shape index (κ1) is 24.2. The van der Waals surface area contributed by atoms with Crippen LogP contribution in [0.1, 0.15) is 15.9 Å². The van der Waals surface area contributed by atoms with E-state index in [0.717, 1.165) is 6.08 Å². The highest BCUT2D eigenvalue weighted by molar-refractivity contribution is 6.06. The molecule has 9 heteroatoms. The number of hydrogen-bond donors (Lipinski definition) is 1. The van der Waals surface area contributed by atoms with E-state index >= 15 is 0 Å². The number of nitrogens with one attached hydrogen (secondary N) is 1. The smallest absolute Gasteiger partial charge is 0.387 e. The number of alkyl halides is 2. The highest BCUT2D eigenvalue weighted by atomic mass is 19.3. The number of halogens is 2. The van der Waals surface area contributed by atoms with Crippen LogP contribution in [0, 0.1) is 0 Å². The van der Waals surface area contributed by atoms with Gasteiger partial charge in [-0.25, -0.2) is 4.79 Å². The lowest BCUT2D eigenvalue weighted by Crippen LogP contribution is -2.13. The summed E-state index contributed by atoms with van der Waals surface area (Å²) in [6.07, 6.45) is 2.36. The fourth-order valence-corrected chi connectivity index (χ4v) is 2.98. The Bertz CT molecular complexity index is 1180. The Labute approximate surface area is 194 Å². The zero-order valence-electron chi connectivity index (χ0n) is 18.3. The van der Waals surface area contributed by atoms with Crippen molar-refractivity contribution in [3.05, 3.63) is 83.9 Å². The van der Waals surface area contributed by atoms with Gasteiger partial charge in [-0.3, -0.25) is 4.79 Å². The molecule has 0 aliphatic rings. The Hall–Kier alpha value is -4.40. The summed E-state index contributed by atoms with van der Waals surface area (Å²) in [5, 5.41) is 2.73. The van der Waals surface area contributed by atoms with Crippen LogP contribution in [0.5, 0.6) is 23.0 Å². The van der Waals surface area contributed by atoms with Crippen molar-refractivity contribution in [2.75, 3.05) is 19.5 Å². The minimum absolute atomic E-state index is 0.0987. The van der Waals surface area contributed by atoms with Gasteiger partial charge in [0.1, 0.15) is 11.5 Å². The van der Waals surface area contributed by atoms with Gasteiger partial charge >= 0.3 is 12.6 Å². The second kappa shape index (κ2) is 11.5. The van der Waals surface area contributed by atoms with E-state index in [2.05, 4.69) is 10.1 Å². The summed E-state index contributed by atoms with van der Waals surface area (Å²) in [6, 6.07) is 17.4. The van der Waals surface area contributed by atoms with Crippen LogP contribution in [0.2, 0.25) is 0 Å². The molecule has 0 radical (unpaired) electrons. The van der Waals surface area contributed by atoms with E-state index in [1.54, 1.807) is 42.5 Å². The summed E-state index contributed by atoms with van der Waals surface area (Å²) in [4.78, 5) is 24.6. The van der Waals surface area contributed by atoms with Crippen molar-refractivity contribution in [1.29, 1.82) is 0 Å². The van der Waals surface area contributed by atoms with Crippen LogP contribution in [0.25, 0.3) is 6.08 Å². The van der Waals surface area contributed by atoms with Gasteiger partial charge in [0.05, 0.1) is 19.8 Å². The monoisotopic (exact) mass is 469 g/mol. The van der Waals surface area contributed by atoms with Crippen LogP contribution >= 0.6 is 0 Å². The van der Waals surface area contributed by atoms with E-state index in [-0.39, 0.29) is 28.7 Å². The van der Waals surface area contributed by atoms with Crippen LogP contribution in [-0.2, 0) is 4.79 Å². The van der Waals surface area contributed by atoms with Crippen molar-refractivity contribution in [2.45, 2.75) is 6.61 Å². The number of amides is 1. The standard InChI is InChI=1S/C25H21F2NO6/c1-31-20-8-4-3-7-19(20)24(30)28-17-11-13-18(14-12-17)33-22(29)15-10-16-6-5-9-21(32-2)23(16)34-25(26)27/h3-15,25H,1-2H3,(H,28,30)/b15-10+. The van der Waals surface area contributed by atoms with E-state index in [1.165, 1.54) is 44.6 Å². The molecule has 7 nitrogen and oxygen atoms in total. The number of esters is 1. The molecule has 34 heavy (non-hydrogen) atoms. The molecule has 0 fully saturated rings. The first-order chi connectivity index (χ1) is 16.4. The number of carbonyl (C=O) groups excluding carboxylic acids is 2. The summed E-state index contributed by atoms with van der Waals surface area (Å²) in [6.45, 7) is -3.06. The number of benzene rings is 3. The Morgan fingerprint density at radius 3 is 2.24 bits per heavy atom. The molecule has 0 heterocycles. The Morgan fingerprint density at radius 1 is 0.882 bits per heavy atom. The maximum absolute atomic E-state index is 12.7. The quantitative estimate of drug-likeness (QED) is 0.264. The number of hydrogen-bond acceptors (Lipinski definition) is 6. The van der Waals surface area contributed by atoms with Crippen LogP contribution in [-0.4, -0.2) is 32.7 Å². The molecule has 0 aliphatic heterocycles. The molecule has 3 aromatic rings. The third-order valence-electron chi connectivity index (χ3n) is 4.52. The second-order valence-electron chi connectivity index (χ2n) is 6.69. The minimum Gasteiger partial charge on any atom is -0.496 e. The van der Waals surface area contributed by atoms with Crippen LogP contribution in [0.4, 0.5) is 14.5 Å². The van der Waals surface area contributed by atoms with Crippen molar-refractivity contribution in [1.82, 2.24) is 0 Å². The van der Waals surface area contributed by atoms with Gasteiger partial charge in [-0.2, -0.15) is 8.78 Å². The lowest BCUT2D eigenvalue weighted by Gasteiger charge is -2.12. The molecule has 0 saturated carbocycles. The lowest BCUT2D eigenvalue weighted by atomic mass is 10.1. The fourth-order valence-electron chi connectivity index (χ4n) is 2.98. The van der Waals surface area contributed by atoms with Gasteiger partial charge in [-0.05, 0) is 48.5 Å². The molecular formula is C25H21F2NO6. The number of methoxy groups -OCH3 is 2. The number of rotatable bonds is 9. The summed E-state index contributed by atoms with van der Waals surface area (Å²) >= 11 is 0. The van der Waals surface area contributed by atoms with E-state index in [1.807, 2.05) is 0 Å². The zero-order chi connectivity index (χ0) is 24.5. The maximum atomic E-state index is 12.7. The highest BCUT2D eigenvalue weighted by Crippen LogP contribution is 2.33. The molecule has 176 valence electrons. The van der Waals surface area contributed by atoms with Gasteiger partial charge in [0, 0.05) is 17.3 Å². The third kappa shape index (κ3) is 6.32. The van der Waals surface area contributed by atoms with Crippen molar-refractivity contribution >= 4 is 23.6 Å². The normalized spacial score (nSPS) is 10.7. The second-order valence-corrected chi connectivity index (χ2v) is 6.69. The SMILES string of the molecule is COc1ccccc1C(=O)Nc1ccc(OC(=O)/C=C/c2cccc(OC)c2OC(F)F)cc1. The first-order valence-corrected chi connectivity index (χ1v) is 9.97. The molecule has 0 atom stereocenters. The molecule has 1 N–H and O–H groups in total. The molecule has 0 spiro atoms. The van der Waals surface area contributed by atoms with Gasteiger partial charge in [-0.1, -0.05) is 24.3 Å². The van der Waals surface area contributed by atoms with E-state index < -0.39 is 12.6 Å². The fraction of sp³-hybridized carbons (Fsp3) is 0.120. The third-order valence-corrected chi connectivity index (χ3v) is 4.52. The molecule has 3 aromatic carbocycles. The molecule has 1 amide bonds. The summed E-state index contributed by atoms with van der Waals surface area (Å²) in [5.74, 6) is -0.530. The Morgan fingerprint density at radius 2 is 1.56 bits per heavy atom. The zero-order valence-corrected chi connectivity index (χ0v) is 18.3. The Kier molecular flexibility index (Phi) is 8.17. The van der Waals surface area contributed by atoms with E-state index in [4.69, 9.17) is 14.2 Å². The van der Waals surface area contributed by atoms with Crippen molar-refractivity contribution in [3.8, 4) is 23.0 Å². The molecule has 0 unspecified atom stereocenters. The minimum atomic E-state index is -3.06. The summed E-state index contributed by atoms with van der Waals surface area (Å²) < 4.78 is 45.4. The summed E-state index contributed by atoms with van der Waals surface area (Å²) in [5.41, 5.74) is 1.07. The molecule has 0 saturated heterocycles. The first-order valence-electron chi connectivity index (χ1n) is 9.97. The van der Waals surface area contributed by atoms with Gasteiger partial charge in [0.2, 0.25) is 0 Å². The number of para-hydroxylation sites is 2.